The Hall–Kier alpha value is -0.760. The Labute approximate surface area is 84.5 Å². The Morgan fingerprint density at radius 1 is 1.23 bits per heavy atom. The standard InChI is InChI=1S/C10H14FN.ClH/c1-10(2,3)8-6-7(12)4-5-9(8)11;/h4-6H,12H2,1-3H3;1H. The van der Waals surface area contributed by atoms with Crippen LogP contribution < -0.4 is 5.73 Å². The van der Waals surface area contributed by atoms with Crippen LogP contribution in [0.4, 0.5) is 10.1 Å². The molecule has 0 heterocycles. The lowest BCUT2D eigenvalue weighted by molar-refractivity contribution is 0.523. The normalized spacial score (nSPS) is 10.8. The van der Waals surface area contributed by atoms with E-state index in [9.17, 15) is 4.39 Å². The maximum Gasteiger partial charge on any atom is 0.127 e. The summed E-state index contributed by atoms with van der Waals surface area (Å²) in [5.74, 6) is -0.184. The van der Waals surface area contributed by atoms with Gasteiger partial charge in [0.1, 0.15) is 5.82 Å². The molecule has 2 N–H and O–H groups in total. The molecule has 0 radical (unpaired) electrons. The molecule has 0 aliphatic heterocycles. The molecule has 0 fully saturated rings. The maximum atomic E-state index is 13.2. The van der Waals surface area contributed by atoms with Crippen LogP contribution in [0.5, 0.6) is 0 Å². The molecule has 0 unspecified atom stereocenters. The van der Waals surface area contributed by atoms with Crippen LogP contribution in [-0.4, -0.2) is 0 Å². The average Bonchev–Trinajstić information content (AvgIpc) is 1.92. The maximum absolute atomic E-state index is 13.2. The molecule has 74 valence electrons. The molecule has 3 heteroatoms. The summed E-state index contributed by atoms with van der Waals surface area (Å²) >= 11 is 0. The van der Waals surface area contributed by atoms with Crippen molar-refractivity contribution < 1.29 is 4.39 Å². The molecule has 0 saturated heterocycles. The Bertz CT molecular complexity index is 291. The summed E-state index contributed by atoms with van der Waals surface area (Å²) in [4.78, 5) is 0. The van der Waals surface area contributed by atoms with Crippen LogP contribution >= 0.6 is 12.4 Å². The van der Waals surface area contributed by atoms with Gasteiger partial charge in [-0.2, -0.15) is 0 Å². The minimum atomic E-state index is -0.184. The highest BCUT2D eigenvalue weighted by Crippen LogP contribution is 2.26. The zero-order valence-corrected chi connectivity index (χ0v) is 8.91. The molecule has 1 nitrogen and oxygen atoms in total. The van der Waals surface area contributed by atoms with Gasteiger partial charge in [0.15, 0.2) is 0 Å². The second-order valence-electron chi connectivity index (χ2n) is 3.99. The number of hydrogen-bond acceptors (Lipinski definition) is 1. The quantitative estimate of drug-likeness (QED) is 0.645. The number of anilines is 1. The molecule has 0 spiro atoms. The molecular weight excluding hydrogens is 189 g/mol. The van der Waals surface area contributed by atoms with E-state index in [1.807, 2.05) is 20.8 Å². The largest absolute Gasteiger partial charge is 0.399 e. The first-order chi connectivity index (χ1) is 5.41. The Balaban J connectivity index is 0.00000144. The van der Waals surface area contributed by atoms with Gasteiger partial charge in [0.05, 0.1) is 0 Å². The van der Waals surface area contributed by atoms with Crippen molar-refractivity contribution in [2.24, 2.45) is 0 Å². The van der Waals surface area contributed by atoms with Crippen molar-refractivity contribution in [3.63, 3.8) is 0 Å². The van der Waals surface area contributed by atoms with E-state index in [1.165, 1.54) is 6.07 Å². The zero-order chi connectivity index (χ0) is 9.35. The fraction of sp³-hybridized carbons (Fsp3) is 0.400. The Kier molecular flexibility index (Phi) is 3.73. The van der Waals surface area contributed by atoms with E-state index in [2.05, 4.69) is 0 Å². The van der Waals surface area contributed by atoms with Crippen molar-refractivity contribution in [2.75, 3.05) is 5.73 Å². The highest BCUT2D eigenvalue weighted by Gasteiger charge is 2.17. The van der Waals surface area contributed by atoms with Crippen LogP contribution in [-0.2, 0) is 5.41 Å². The van der Waals surface area contributed by atoms with E-state index >= 15 is 0 Å². The fourth-order valence-electron chi connectivity index (χ4n) is 1.12. The number of nitrogens with two attached hydrogens (primary N) is 1. The Morgan fingerprint density at radius 2 is 1.77 bits per heavy atom. The molecule has 0 amide bonds. The first-order valence-corrected chi connectivity index (χ1v) is 3.97. The van der Waals surface area contributed by atoms with Crippen LogP contribution in [0.1, 0.15) is 26.3 Å². The van der Waals surface area contributed by atoms with Crippen LogP contribution in [0.2, 0.25) is 0 Å². The summed E-state index contributed by atoms with van der Waals surface area (Å²) in [6, 6.07) is 4.68. The monoisotopic (exact) mass is 203 g/mol. The minimum Gasteiger partial charge on any atom is -0.399 e. The number of benzene rings is 1. The summed E-state index contributed by atoms with van der Waals surface area (Å²) in [6.45, 7) is 5.89. The molecule has 1 aromatic carbocycles. The molecule has 0 aromatic heterocycles. The molecule has 13 heavy (non-hydrogen) atoms. The molecular formula is C10H15ClFN. The molecule has 0 aliphatic rings. The van der Waals surface area contributed by atoms with E-state index < -0.39 is 0 Å². The fourth-order valence-corrected chi connectivity index (χ4v) is 1.12. The van der Waals surface area contributed by atoms with E-state index in [1.54, 1.807) is 12.1 Å². The van der Waals surface area contributed by atoms with E-state index in [0.717, 1.165) is 0 Å². The van der Waals surface area contributed by atoms with Gasteiger partial charge in [0.2, 0.25) is 0 Å². The van der Waals surface area contributed by atoms with Crippen LogP contribution in [0.3, 0.4) is 0 Å². The predicted octanol–water partition coefficient (Wildman–Crippen LogP) is 3.13. The molecule has 0 aliphatic carbocycles. The summed E-state index contributed by atoms with van der Waals surface area (Å²) in [5.41, 5.74) is 6.66. The van der Waals surface area contributed by atoms with Crippen LogP contribution in [0.15, 0.2) is 18.2 Å². The summed E-state index contributed by atoms with van der Waals surface area (Å²) < 4.78 is 13.2. The first-order valence-electron chi connectivity index (χ1n) is 3.97. The molecule has 0 bridgehead atoms. The van der Waals surface area contributed by atoms with Gasteiger partial charge in [-0.25, -0.2) is 4.39 Å². The Morgan fingerprint density at radius 3 is 2.15 bits per heavy atom. The highest BCUT2D eigenvalue weighted by molar-refractivity contribution is 5.85. The van der Waals surface area contributed by atoms with Crippen molar-refractivity contribution in [1.82, 2.24) is 0 Å². The van der Waals surface area contributed by atoms with Gasteiger partial charge in [0.25, 0.3) is 0 Å². The SMILES string of the molecule is CC(C)(C)c1cc(N)ccc1F.Cl. The van der Waals surface area contributed by atoms with Gasteiger partial charge < -0.3 is 5.73 Å². The van der Waals surface area contributed by atoms with Crippen molar-refractivity contribution in [3.8, 4) is 0 Å². The smallest absolute Gasteiger partial charge is 0.127 e. The molecule has 0 atom stereocenters. The first kappa shape index (κ1) is 12.2. The van der Waals surface area contributed by atoms with Gasteiger partial charge in [-0.1, -0.05) is 20.8 Å². The van der Waals surface area contributed by atoms with E-state index in [-0.39, 0.29) is 23.6 Å². The van der Waals surface area contributed by atoms with Crippen molar-refractivity contribution in [1.29, 1.82) is 0 Å². The molecule has 0 saturated carbocycles. The zero-order valence-electron chi connectivity index (χ0n) is 8.10. The second kappa shape index (κ2) is 3.97. The highest BCUT2D eigenvalue weighted by atomic mass is 35.5. The molecule has 1 aromatic rings. The van der Waals surface area contributed by atoms with Crippen LogP contribution in [0.25, 0.3) is 0 Å². The predicted molar refractivity (Wildman–Crippen MR) is 56.8 cm³/mol. The summed E-state index contributed by atoms with van der Waals surface area (Å²) in [5, 5.41) is 0. The number of nitrogen functional groups attached to an aromatic ring is 1. The van der Waals surface area contributed by atoms with Crippen molar-refractivity contribution >= 4 is 18.1 Å². The van der Waals surface area contributed by atoms with Gasteiger partial charge in [-0.3, -0.25) is 0 Å². The van der Waals surface area contributed by atoms with E-state index in [0.29, 0.717) is 11.3 Å². The topological polar surface area (TPSA) is 26.0 Å². The van der Waals surface area contributed by atoms with Crippen molar-refractivity contribution in [2.45, 2.75) is 26.2 Å². The number of rotatable bonds is 0. The average molecular weight is 204 g/mol. The van der Waals surface area contributed by atoms with Gasteiger partial charge in [-0.15, -0.1) is 12.4 Å². The van der Waals surface area contributed by atoms with E-state index in [4.69, 9.17) is 5.73 Å². The molecule has 1 rings (SSSR count). The lowest BCUT2D eigenvalue weighted by Gasteiger charge is -2.19. The second-order valence-corrected chi connectivity index (χ2v) is 3.99. The summed E-state index contributed by atoms with van der Waals surface area (Å²) in [7, 11) is 0. The van der Waals surface area contributed by atoms with Crippen molar-refractivity contribution in [3.05, 3.63) is 29.6 Å². The van der Waals surface area contributed by atoms with Gasteiger partial charge >= 0.3 is 0 Å². The lowest BCUT2D eigenvalue weighted by atomic mass is 9.86. The third-order valence-electron chi connectivity index (χ3n) is 1.80. The van der Waals surface area contributed by atoms with Gasteiger partial charge in [-0.05, 0) is 29.2 Å². The number of hydrogen-bond donors (Lipinski definition) is 1. The minimum absolute atomic E-state index is 0. The summed E-state index contributed by atoms with van der Waals surface area (Å²) in [6.07, 6.45) is 0. The third-order valence-corrected chi connectivity index (χ3v) is 1.80. The lowest BCUT2D eigenvalue weighted by Crippen LogP contribution is -2.13. The van der Waals surface area contributed by atoms with Gasteiger partial charge in [0, 0.05) is 5.69 Å². The van der Waals surface area contributed by atoms with Crippen LogP contribution in [0, 0.1) is 5.82 Å². The number of halogens is 2. The third kappa shape index (κ3) is 2.88.